The molecule has 0 aliphatic heterocycles. The Bertz CT molecular complexity index is 552. The van der Waals surface area contributed by atoms with Crippen LogP contribution in [0.5, 0.6) is 0 Å². The lowest BCUT2D eigenvalue weighted by atomic mass is 10.3. The maximum atomic E-state index is 11.5. The van der Waals surface area contributed by atoms with E-state index in [9.17, 15) is 9.59 Å². The summed E-state index contributed by atoms with van der Waals surface area (Å²) in [6, 6.07) is 7.17. The molecule has 0 radical (unpaired) electrons. The SMILES string of the molecule is O=C(CNC(=O)NCCc1cccs1)NCc1ccco1. The van der Waals surface area contributed by atoms with Crippen LogP contribution >= 0.6 is 11.3 Å². The van der Waals surface area contributed by atoms with E-state index in [1.165, 1.54) is 4.88 Å². The molecule has 0 fully saturated rings. The molecule has 3 amide bonds. The lowest BCUT2D eigenvalue weighted by Gasteiger charge is -2.07. The molecule has 0 aliphatic carbocycles. The van der Waals surface area contributed by atoms with Crippen LogP contribution in [0.25, 0.3) is 0 Å². The first-order valence-electron chi connectivity index (χ1n) is 6.57. The van der Waals surface area contributed by atoms with Crippen LogP contribution < -0.4 is 16.0 Å². The Morgan fingerprint density at radius 1 is 1.14 bits per heavy atom. The normalized spacial score (nSPS) is 10.1. The molecule has 0 saturated carbocycles. The Morgan fingerprint density at radius 3 is 2.76 bits per heavy atom. The molecule has 0 aromatic carbocycles. The molecule has 0 bridgehead atoms. The predicted molar refractivity (Wildman–Crippen MR) is 80.0 cm³/mol. The molecule has 21 heavy (non-hydrogen) atoms. The van der Waals surface area contributed by atoms with Crippen LogP contribution in [-0.4, -0.2) is 25.0 Å². The second-order valence-electron chi connectivity index (χ2n) is 4.29. The zero-order chi connectivity index (χ0) is 14.9. The fraction of sp³-hybridized carbons (Fsp3) is 0.286. The average molecular weight is 307 g/mol. The molecular formula is C14H17N3O3S. The molecule has 3 N–H and O–H groups in total. The molecule has 112 valence electrons. The Kier molecular flexibility index (Phi) is 5.83. The smallest absolute Gasteiger partial charge is 0.315 e. The molecule has 0 saturated heterocycles. The first-order valence-corrected chi connectivity index (χ1v) is 7.45. The number of carbonyl (C=O) groups excluding carboxylic acids is 2. The standard InChI is InChI=1S/C14H17N3O3S/c18-13(16-9-11-3-1-7-20-11)10-17-14(19)15-6-5-12-4-2-8-21-12/h1-4,7-8H,5-6,9-10H2,(H,16,18)(H2,15,17,19). The maximum Gasteiger partial charge on any atom is 0.315 e. The van der Waals surface area contributed by atoms with Crippen molar-refractivity contribution in [1.82, 2.24) is 16.0 Å². The van der Waals surface area contributed by atoms with E-state index in [4.69, 9.17) is 4.42 Å². The molecule has 7 heteroatoms. The van der Waals surface area contributed by atoms with Gasteiger partial charge < -0.3 is 20.4 Å². The zero-order valence-corrected chi connectivity index (χ0v) is 12.2. The topological polar surface area (TPSA) is 83.4 Å². The van der Waals surface area contributed by atoms with E-state index >= 15 is 0 Å². The van der Waals surface area contributed by atoms with E-state index in [0.717, 1.165) is 6.42 Å². The van der Waals surface area contributed by atoms with Gasteiger partial charge in [0.15, 0.2) is 0 Å². The molecule has 2 rings (SSSR count). The number of urea groups is 1. The van der Waals surface area contributed by atoms with E-state index < -0.39 is 0 Å². The molecule has 2 heterocycles. The molecule has 0 spiro atoms. The summed E-state index contributed by atoms with van der Waals surface area (Å²) in [7, 11) is 0. The lowest BCUT2D eigenvalue weighted by Crippen LogP contribution is -2.42. The van der Waals surface area contributed by atoms with E-state index in [2.05, 4.69) is 16.0 Å². The maximum absolute atomic E-state index is 11.5. The predicted octanol–water partition coefficient (Wildman–Crippen LogP) is 1.50. The second-order valence-corrected chi connectivity index (χ2v) is 5.33. The third-order valence-electron chi connectivity index (χ3n) is 2.69. The summed E-state index contributed by atoms with van der Waals surface area (Å²) >= 11 is 1.65. The number of hydrogen-bond donors (Lipinski definition) is 3. The van der Waals surface area contributed by atoms with Gasteiger partial charge in [-0.05, 0) is 30.0 Å². The Morgan fingerprint density at radius 2 is 2.05 bits per heavy atom. The average Bonchev–Trinajstić information content (AvgIpc) is 3.16. The van der Waals surface area contributed by atoms with Gasteiger partial charge in [0.1, 0.15) is 5.76 Å². The summed E-state index contributed by atoms with van der Waals surface area (Å²) < 4.78 is 5.08. The van der Waals surface area contributed by atoms with Gasteiger partial charge in [-0.2, -0.15) is 0 Å². The van der Waals surface area contributed by atoms with Crippen molar-refractivity contribution in [2.45, 2.75) is 13.0 Å². The van der Waals surface area contributed by atoms with Gasteiger partial charge in [-0.25, -0.2) is 4.79 Å². The third kappa shape index (κ3) is 5.70. The number of rotatable bonds is 7. The number of amides is 3. The van der Waals surface area contributed by atoms with Crippen LogP contribution in [0, 0.1) is 0 Å². The highest BCUT2D eigenvalue weighted by Gasteiger charge is 2.05. The highest BCUT2D eigenvalue weighted by Crippen LogP contribution is 2.07. The van der Waals surface area contributed by atoms with Gasteiger partial charge in [-0.3, -0.25) is 4.79 Å². The molecular weight excluding hydrogens is 290 g/mol. The largest absolute Gasteiger partial charge is 0.467 e. The molecule has 6 nitrogen and oxygen atoms in total. The van der Waals surface area contributed by atoms with Crippen molar-refractivity contribution in [3.8, 4) is 0 Å². The highest BCUT2D eigenvalue weighted by atomic mass is 32.1. The van der Waals surface area contributed by atoms with Crippen molar-refractivity contribution < 1.29 is 14.0 Å². The summed E-state index contributed by atoms with van der Waals surface area (Å²) in [5.74, 6) is 0.406. The molecule has 0 atom stereocenters. The lowest BCUT2D eigenvalue weighted by molar-refractivity contribution is -0.120. The second kappa shape index (κ2) is 8.11. The van der Waals surface area contributed by atoms with Gasteiger partial charge in [-0.15, -0.1) is 11.3 Å². The van der Waals surface area contributed by atoms with Crippen molar-refractivity contribution in [1.29, 1.82) is 0 Å². The van der Waals surface area contributed by atoms with Crippen molar-refractivity contribution >= 4 is 23.3 Å². The molecule has 0 aliphatic rings. The third-order valence-corrected chi connectivity index (χ3v) is 3.62. The van der Waals surface area contributed by atoms with Gasteiger partial charge in [0.05, 0.1) is 19.4 Å². The minimum atomic E-state index is -0.347. The van der Waals surface area contributed by atoms with Crippen LogP contribution in [0.1, 0.15) is 10.6 Å². The van der Waals surface area contributed by atoms with Gasteiger partial charge in [0, 0.05) is 11.4 Å². The van der Waals surface area contributed by atoms with Crippen LogP contribution in [0.15, 0.2) is 40.3 Å². The summed E-state index contributed by atoms with van der Waals surface area (Å²) in [6.07, 6.45) is 2.33. The minimum Gasteiger partial charge on any atom is -0.467 e. The van der Waals surface area contributed by atoms with Crippen LogP contribution in [0.4, 0.5) is 4.79 Å². The Balaban J connectivity index is 1.54. The Labute approximate surface area is 126 Å². The van der Waals surface area contributed by atoms with E-state index in [0.29, 0.717) is 18.8 Å². The van der Waals surface area contributed by atoms with Gasteiger partial charge in [-0.1, -0.05) is 6.07 Å². The van der Waals surface area contributed by atoms with Crippen molar-refractivity contribution in [2.24, 2.45) is 0 Å². The minimum absolute atomic E-state index is 0.0639. The van der Waals surface area contributed by atoms with Crippen molar-refractivity contribution in [2.75, 3.05) is 13.1 Å². The van der Waals surface area contributed by atoms with Crippen molar-refractivity contribution in [3.05, 3.63) is 46.5 Å². The highest BCUT2D eigenvalue weighted by molar-refractivity contribution is 7.09. The zero-order valence-electron chi connectivity index (χ0n) is 11.4. The first kappa shape index (κ1) is 15.1. The quantitative estimate of drug-likeness (QED) is 0.725. The summed E-state index contributed by atoms with van der Waals surface area (Å²) in [6.45, 7) is 0.791. The monoisotopic (exact) mass is 307 g/mol. The number of thiophene rings is 1. The van der Waals surface area contributed by atoms with E-state index in [-0.39, 0.29) is 18.5 Å². The number of hydrogen-bond acceptors (Lipinski definition) is 4. The van der Waals surface area contributed by atoms with Gasteiger partial charge >= 0.3 is 6.03 Å². The molecule has 2 aromatic rings. The summed E-state index contributed by atoms with van der Waals surface area (Å²) in [5.41, 5.74) is 0. The summed E-state index contributed by atoms with van der Waals surface area (Å²) in [5, 5.41) is 9.85. The fourth-order valence-corrected chi connectivity index (χ4v) is 2.35. The molecule has 2 aromatic heterocycles. The van der Waals surface area contributed by atoms with Gasteiger partial charge in [0.2, 0.25) is 5.91 Å². The van der Waals surface area contributed by atoms with E-state index in [1.807, 2.05) is 17.5 Å². The van der Waals surface area contributed by atoms with Crippen molar-refractivity contribution in [3.63, 3.8) is 0 Å². The number of furan rings is 1. The Hall–Kier alpha value is -2.28. The summed E-state index contributed by atoms with van der Waals surface area (Å²) in [4.78, 5) is 24.2. The first-order chi connectivity index (χ1) is 10.2. The fourth-order valence-electron chi connectivity index (χ4n) is 1.64. The van der Waals surface area contributed by atoms with E-state index in [1.54, 1.807) is 29.7 Å². The number of nitrogens with one attached hydrogen (secondary N) is 3. The molecule has 0 unspecified atom stereocenters. The van der Waals surface area contributed by atoms with Gasteiger partial charge in [0.25, 0.3) is 0 Å². The number of carbonyl (C=O) groups is 2. The van der Waals surface area contributed by atoms with Crippen LogP contribution in [0.2, 0.25) is 0 Å². The van der Waals surface area contributed by atoms with Crippen LogP contribution in [0.3, 0.4) is 0 Å². The van der Waals surface area contributed by atoms with Crippen LogP contribution in [-0.2, 0) is 17.8 Å².